The summed E-state index contributed by atoms with van der Waals surface area (Å²) in [4.78, 5) is 23.4. The summed E-state index contributed by atoms with van der Waals surface area (Å²) in [5.41, 5.74) is 4.95. The molecule has 6 nitrogen and oxygen atoms in total. The Morgan fingerprint density at radius 3 is 2.22 bits per heavy atom. The lowest BCUT2D eigenvalue weighted by Crippen LogP contribution is -2.58. The van der Waals surface area contributed by atoms with Gasteiger partial charge in [0.05, 0.1) is 0 Å². The molecule has 36 heavy (non-hydrogen) atoms. The maximum absolute atomic E-state index is 12.0. The molecule has 4 aliphatic carbocycles. The Morgan fingerprint density at radius 2 is 1.53 bits per heavy atom. The molecule has 2 aromatic carbocycles. The lowest BCUT2D eigenvalue weighted by atomic mass is 9.53. The minimum Gasteiger partial charge on any atom is -0.381 e. The smallest absolute Gasteiger partial charge is 0.249 e. The van der Waals surface area contributed by atoms with Gasteiger partial charge in [0.1, 0.15) is 6.04 Å². The second-order valence-electron chi connectivity index (χ2n) is 11.8. The first-order valence-corrected chi connectivity index (χ1v) is 13.8. The molecule has 1 atom stereocenters. The number of piperidine rings is 1. The summed E-state index contributed by atoms with van der Waals surface area (Å²) in [6.07, 6.45) is 10.7. The molecular formula is C30H38N4O2. The third-order valence-corrected chi connectivity index (χ3v) is 8.91. The van der Waals surface area contributed by atoms with Crippen molar-refractivity contribution in [2.75, 3.05) is 17.2 Å². The molecule has 2 amide bonds. The number of rotatable bonds is 9. The van der Waals surface area contributed by atoms with E-state index in [1.54, 1.807) is 0 Å². The van der Waals surface area contributed by atoms with Crippen LogP contribution in [0.25, 0.3) is 0 Å². The van der Waals surface area contributed by atoms with Crippen LogP contribution in [-0.2, 0) is 22.6 Å². The summed E-state index contributed by atoms with van der Waals surface area (Å²) in [7, 11) is 0. The highest BCUT2D eigenvalue weighted by molar-refractivity contribution is 6.01. The Bertz CT molecular complexity index is 1080. The fourth-order valence-corrected chi connectivity index (χ4v) is 7.58. The lowest BCUT2D eigenvalue weighted by molar-refractivity contribution is -0.133. The predicted molar refractivity (Wildman–Crippen MR) is 143 cm³/mol. The number of carbonyl (C=O) groups is 2. The highest BCUT2D eigenvalue weighted by Crippen LogP contribution is 2.55. The largest absolute Gasteiger partial charge is 0.381 e. The van der Waals surface area contributed by atoms with Crippen LogP contribution in [0.5, 0.6) is 0 Å². The van der Waals surface area contributed by atoms with Gasteiger partial charge in [-0.25, -0.2) is 0 Å². The Labute approximate surface area is 214 Å². The number of carbonyl (C=O) groups excluding carboxylic acids is 2. The molecule has 4 bridgehead atoms. The van der Waals surface area contributed by atoms with Gasteiger partial charge in [-0.05, 0) is 105 Å². The van der Waals surface area contributed by atoms with Crippen LogP contribution < -0.4 is 21.3 Å². The average Bonchev–Trinajstić information content (AvgIpc) is 2.85. The molecule has 1 saturated heterocycles. The first-order chi connectivity index (χ1) is 17.5. The number of nitrogens with one attached hydrogen (secondary N) is 4. The van der Waals surface area contributed by atoms with Crippen molar-refractivity contribution in [2.24, 2.45) is 17.8 Å². The second kappa shape index (κ2) is 9.89. The Balaban J connectivity index is 0.970. The second-order valence-corrected chi connectivity index (χ2v) is 11.8. The first-order valence-electron chi connectivity index (χ1n) is 13.8. The van der Waals surface area contributed by atoms with Gasteiger partial charge < -0.3 is 16.0 Å². The van der Waals surface area contributed by atoms with Gasteiger partial charge in [0.15, 0.2) is 0 Å². The molecule has 0 aromatic heterocycles. The highest BCUT2D eigenvalue weighted by atomic mass is 16.2. The van der Waals surface area contributed by atoms with E-state index in [-0.39, 0.29) is 17.9 Å². The molecule has 1 aliphatic heterocycles. The van der Waals surface area contributed by atoms with Crippen molar-refractivity contribution in [1.82, 2.24) is 10.6 Å². The van der Waals surface area contributed by atoms with E-state index in [9.17, 15) is 9.59 Å². The van der Waals surface area contributed by atoms with Gasteiger partial charge in [-0.1, -0.05) is 30.3 Å². The maximum Gasteiger partial charge on any atom is 0.249 e. The third kappa shape index (κ3) is 5.29. The molecule has 5 fully saturated rings. The van der Waals surface area contributed by atoms with E-state index in [1.165, 1.54) is 49.7 Å². The van der Waals surface area contributed by atoms with Gasteiger partial charge in [0.2, 0.25) is 11.8 Å². The minimum atomic E-state index is -0.372. The average molecular weight is 487 g/mol. The van der Waals surface area contributed by atoms with Crippen molar-refractivity contribution < 1.29 is 9.59 Å². The van der Waals surface area contributed by atoms with Crippen LogP contribution in [0.3, 0.4) is 0 Å². The number of hydrogen-bond donors (Lipinski definition) is 4. The number of anilines is 2. The van der Waals surface area contributed by atoms with E-state index >= 15 is 0 Å². The molecule has 6 heteroatoms. The number of benzene rings is 2. The fourth-order valence-electron chi connectivity index (χ4n) is 7.58. The fraction of sp³-hybridized carbons (Fsp3) is 0.533. The summed E-state index contributed by atoms with van der Waals surface area (Å²) in [6.45, 7) is 1.82. The van der Waals surface area contributed by atoms with Gasteiger partial charge in [-0.3, -0.25) is 14.9 Å². The standard InChI is InChI=1S/C30H38N4O2/c35-28-9-8-27(29(36)34-28)33-26-3-1-2-25(15-26)31-19-21-6-4-20(5-7-21)10-11-32-30-16-22-12-23(17-30)14-24(13-22)18-30/h1-7,15,22-24,27,31-33H,8-14,16-19H2,(H,34,35,36). The molecule has 0 radical (unpaired) electrons. The molecule has 1 heterocycles. The SMILES string of the molecule is O=C1CCC(Nc2cccc(NCc3ccc(CCNC45CC6CC(CC(C6)C4)C5)cc3)c2)C(=O)N1. The molecule has 4 N–H and O–H groups in total. The van der Waals surface area contributed by atoms with Crippen LogP contribution in [0.1, 0.15) is 62.5 Å². The zero-order valence-corrected chi connectivity index (χ0v) is 21.0. The van der Waals surface area contributed by atoms with E-state index in [0.29, 0.717) is 18.4 Å². The predicted octanol–water partition coefficient (Wildman–Crippen LogP) is 4.62. The summed E-state index contributed by atoms with van der Waals surface area (Å²) in [6, 6.07) is 16.5. The topological polar surface area (TPSA) is 82.3 Å². The van der Waals surface area contributed by atoms with Crippen molar-refractivity contribution in [3.8, 4) is 0 Å². The van der Waals surface area contributed by atoms with Gasteiger partial charge in [0.25, 0.3) is 0 Å². The van der Waals surface area contributed by atoms with E-state index in [2.05, 4.69) is 45.5 Å². The molecule has 190 valence electrons. The molecular weight excluding hydrogens is 448 g/mol. The normalized spacial score (nSPS) is 30.8. The van der Waals surface area contributed by atoms with Crippen LogP contribution >= 0.6 is 0 Å². The first kappa shape index (κ1) is 23.5. The van der Waals surface area contributed by atoms with Crippen molar-refractivity contribution in [3.05, 3.63) is 59.7 Å². The van der Waals surface area contributed by atoms with E-state index in [1.807, 2.05) is 24.3 Å². The Morgan fingerprint density at radius 1 is 0.861 bits per heavy atom. The van der Waals surface area contributed by atoms with Crippen LogP contribution in [0, 0.1) is 17.8 Å². The Hall–Kier alpha value is -2.86. The monoisotopic (exact) mass is 486 g/mol. The van der Waals surface area contributed by atoms with E-state index in [0.717, 1.165) is 48.6 Å². The van der Waals surface area contributed by atoms with Crippen LogP contribution in [0.15, 0.2) is 48.5 Å². The van der Waals surface area contributed by atoms with Crippen molar-refractivity contribution in [3.63, 3.8) is 0 Å². The third-order valence-electron chi connectivity index (χ3n) is 8.91. The number of amides is 2. The van der Waals surface area contributed by atoms with Crippen LogP contribution in [0.2, 0.25) is 0 Å². The minimum absolute atomic E-state index is 0.196. The van der Waals surface area contributed by atoms with Crippen LogP contribution in [0.4, 0.5) is 11.4 Å². The number of imide groups is 1. The summed E-state index contributed by atoms with van der Waals surface area (Å²) in [5, 5.41) is 13.1. The lowest BCUT2D eigenvalue weighted by Gasteiger charge is -2.57. The molecule has 0 spiro atoms. The van der Waals surface area contributed by atoms with E-state index < -0.39 is 0 Å². The zero-order valence-electron chi connectivity index (χ0n) is 21.0. The zero-order chi connectivity index (χ0) is 24.5. The van der Waals surface area contributed by atoms with E-state index in [4.69, 9.17) is 0 Å². The van der Waals surface area contributed by atoms with Crippen molar-refractivity contribution in [1.29, 1.82) is 0 Å². The molecule has 2 aromatic rings. The molecule has 5 aliphatic rings. The summed E-state index contributed by atoms with van der Waals surface area (Å²) < 4.78 is 0. The van der Waals surface area contributed by atoms with Gasteiger partial charge >= 0.3 is 0 Å². The Kier molecular flexibility index (Phi) is 6.46. The van der Waals surface area contributed by atoms with Crippen molar-refractivity contribution >= 4 is 23.2 Å². The van der Waals surface area contributed by atoms with Gasteiger partial charge in [-0.15, -0.1) is 0 Å². The highest BCUT2D eigenvalue weighted by Gasteiger charge is 2.50. The van der Waals surface area contributed by atoms with Crippen LogP contribution in [-0.4, -0.2) is 29.9 Å². The van der Waals surface area contributed by atoms with Crippen molar-refractivity contribution in [2.45, 2.75) is 75.9 Å². The number of hydrogen-bond acceptors (Lipinski definition) is 5. The quantitative estimate of drug-likeness (QED) is 0.389. The summed E-state index contributed by atoms with van der Waals surface area (Å²) >= 11 is 0. The molecule has 1 unspecified atom stereocenters. The van der Waals surface area contributed by atoms with Gasteiger partial charge in [0, 0.05) is 29.9 Å². The maximum atomic E-state index is 12.0. The summed E-state index contributed by atoms with van der Waals surface area (Å²) in [5.74, 6) is 2.52. The molecule has 7 rings (SSSR count). The van der Waals surface area contributed by atoms with Gasteiger partial charge in [-0.2, -0.15) is 0 Å². The molecule has 4 saturated carbocycles.